The van der Waals surface area contributed by atoms with E-state index < -0.39 is 42.6 Å². The molecule has 3 heterocycles. The Morgan fingerprint density at radius 3 is 2.33 bits per heavy atom. The molecule has 0 aliphatic rings. The van der Waals surface area contributed by atoms with Crippen LogP contribution in [-0.2, 0) is 0 Å². The minimum atomic E-state index is -5.05. The second-order valence-electron chi connectivity index (χ2n) is 7.56. The van der Waals surface area contributed by atoms with Gasteiger partial charge in [-0.3, -0.25) is 0 Å². The van der Waals surface area contributed by atoms with Crippen molar-refractivity contribution in [3.05, 3.63) is 36.4 Å². The molecule has 0 aliphatic heterocycles. The molecule has 196 valence electrons. The third-order valence-corrected chi connectivity index (χ3v) is 5.25. The van der Waals surface area contributed by atoms with Crippen LogP contribution in [0.2, 0.25) is 0 Å². The number of nitrogens with one attached hydrogen (secondary N) is 1. The van der Waals surface area contributed by atoms with Crippen molar-refractivity contribution in [2.75, 3.05) is 20.8 Å². The zero-order chi connectivity index (χ0) is 26.8. The number of methoxy groups -OCH3 is 2. The quantitative estimate of drug-likeness (QED) is 0.465. The van der Waals surface area contributed by atoms with E-state index in [0.29, 0.717) is 12.6 Å². The fraction of sp³-hybridized carbons (Fsp3) is 0.429. The number of alkyl halides is 6. The Bertz CT molecular complexity index is 1230. The molecular weight excluding hydrogens is 498 g/mol. The van der Waals surface area contributed by atoms with Crippen LogP contribution in [0.4, 0.5) is 31.1 Å². The molecule has 3 aromatic heterocycles. The molecule has 0 radical (unpaired) electrons. The van der Waals surface area contributed by atoms with Gasteiger partial charge in [-0.15, -0.1) is 0 Å². The minimum absolute atomic E-state index is 0.0262. The van der Waals surface area contributed by atoms with Crippen LogP contribution >= 0.6 is 0 Å². The van der Waals surface area contributed by atoms with Gasteiger partial charge in [0.15, 0.2) is 11.7 Å². The van der Waals surface area contributed by atoms with Crippen LogP contribution in [0, 0.1) is 0 Å². The number of hydrogen-bond donors (Lipinski definition) is 1. The van der Waals surface area contributed by atoms with Gasteiger partial charge in [0.25, 0.3) is 5.88 Å². The molecule has 0 aromatic carbocycles. The molecule has 9 nitrogen and oxygen atoms in total. The highest BCUT2D eigenvalue weighted by Gasteiger charge is 2.48. The van der Waals surface area contributed by atoms with E-state index in [9.17, 15) is 31.1 Å². The fourth-order valence-corrected chi connectivity index (χ4v) is 3.47. The summed E-state index contributed by atoms with van der Waals surface area (Å²) < 4.78 is 93.3. The SMILES string of the molecule is CCN(C(=O)NC(C)C(F)(F)F)C(c1cnc(OC)c(-c2cn3ccnc3c(OC)n2)c1)C(F)(F)F. The van der Waals surface area contributed by atoms with Crippen LogP contribution < -0.4 is 14.8 Å². The zero-order valence-electron chi connectivity index (χ0n) is 19.5. The van der Waals surface area contributed by atoms with Gasteiger partial charge in [0, 0.05) is 36.9 Å². The van der Waals surface area contributed by atoms with Crippen LogP contribution in [0.3, 0.4) is 0 Å². The number of carbonyl (C=O) groups excluding carboxylic acids is 1. The van der Waals surface area contributed by atoms with Crippen LogP contribution in [0.1, 0.15) is 25.5 Å². The maximum absolute atomic E-state index is 14.2. The molecule has 0 spiro atoms. The van der Waals surface area contributed by atoms with Crippen molar-refractivity contribution in [3.8, 4) is 23.0 Å². The molecule has 36 heavy (non-hydrogen) atoms. The predicted molar refractivity (Wildman–Crippen MR) is 115 cm³/mol. The lowest BCUT2D eigenvalue weighted by molar-refractivity contribution is -0.179. The largest absolute Gasteiger partial charge is 0.481 e. The second kappa shape index (κ2) is 10.1. The van der Waals surface area contributed by atoms with Crippen molar-refractivity contribution in [2.24, 2.45) is 0 Å². The second-order valence-corrected chi connectivity index (χ2v) is 7.56. The van der Waals surface area contributed by atoms with Gasteiger partial charge in [-0.05, 0) is 19.9 Å². The van der Waals surface area contributed by atoms with Crippen molar-refractivity contribution in [3.63, 3.8) is 0 Å². The third kappa shape index (κ3) is 5.39. The van der Waals surface area contributed by atoms with Crippen LogP contribution in [0.15, 0.2) is 30.9 Å². The maximum Gasteiger partial charge on any atom is 0.413 e. The monoisotopic (exact) mass is 520 g/mol. The highest BCUT2D eigenvalue weighted by Crippen LogP contribution is 2.40. The van der Waals surface area contributed by atoms with Gasteiger partial charge < -0.3 is 24.1 Å². The van der Waals surface area contributed by atoms with Gasteiger partial charge in [-0.25, -0.2) is 19.7 Å². The van der Waals surface area contributed by atoms with E-state index >= 15 is 0 Å². The number of ether oxygens (including phenoxy) is 2. The Balaban J connectivity index is 2.12. The lowest BCUT2D eigenvalue weighted by Crippen LogP contribution is -2.52. The predicted octanol–water partition coefficient (Wildman–Crippen LogP) is 4.39. The van der Waals surface area contributed by atoms with E-state index in [-0.39, 0.29) is 27.9 Å². The summed E-state index contributed by atoms with van der Waals surface area (Å²) in [5.41, 5.74) is -0.0208. The first-order valence-corrected chi connectivity index (χ1v) is 10.4. The van der Waals surface area contributed by atoms with E-state index in [1.807, 2.05) is 0 Å². The lowest BCUT2D eigenvalue weighted by Gasteiger charge is -2.33. The Morgan fingerprint density at radius 1 is 1.11 bits per heavy atom. The standard InChI is InChI=1S/C21H22F6N6O3/c1-5-33(19(34)30-11(2)20(22,23)24)15(21(25,26)27)12-8-13(17(35-3)29-9-12)14-10-32-7-6-28-16(32)18(31-14)36-4/h6-11,15H,5H2,1-4H3,(H,30,34). The van der Waals surface area contributed by atoms with E-state index in [1.54, 1.807) is 11.5 Å². The highest BCUT2D eigenvalue weighted by atomic mass is 19.4. The van der Waals surface area contributed by atoms with Gasteiger partial charge in [0.05, 0.1) is 25.5 Å². The van der Waals surface area contributed by atoms with Crippen molar-refractivity contribution >= 4 is 11.7 Å². The summed E-state index contributed by atoms with van der Waals surface area (Å²) in [5, 5.41) is 1.57. The molecule has 3 rings (SSSR count). The van der Waals surface area contributed by atoms with E-state index in [2.05, 4.69) is 15.0 Å². The van der Waals surface area contributed by atoms with Crippen LogP contribution in [0.25, 0.3) is 16.9 Å². The number of aromatic nitrogens is 4. The van der Waals surface area contributed by atoms with E-state index in [4.69, 9.17) is 9.47 Å². The van der Waals surface area contributed by atoms with Crippen molar-refractivity contribution in [1.29, 1.82) is 0 Å². The van der Waals surface area contributed by atoms with Crippen LogP contribution in [0.5, 0.6) is 11.8 Å². The Kier molecular flexibility index (Phi) is 7.50. The van der Waals surface area contributed by atoms with Gasteiger partial charge >= 0.3 is 18.4 Å². The molecular formula is C21H22F6N6O3. The number of urea groups is 1. The topological polar surface area (TPSA) is 93.9 Å². The molecule has 2 amide bonds. The van der Waals surface area contributed by atoms with Crippen molar-refractivity contribution in [2.45, 2.75) is 38.3 Å². The van der Waals surface area contributed by atoms with Gasteiger partial charge in [0.2, 0.25) is 5.88 Å². The number of rotatable bonds is 7. The minimum Gasteiger partial charge on any atom is -0.481 e. The first-order chi connectivity index (χ1) is 16.8. The fourth-order valence-electron chi connectivity index (χ4n) is 3.47. The number of pyridine rings is 1. The van der Waals surface area contributed by atoms with Gasteiger partial charge in [0.1, 0.15) is 6.04 Å². The zero-order valence-corrected chi connectivity index (χ0v) is 19.5. The molecule has 1 N–H and O–H groups in total. The smallest absolute Gasteiger partial charge is 0.413 e. The van der Waals surface area contributed by atoms with E-state index in [0.717, 1.165) is 12.3 Å². The molecule has 0 fully saturated rings. The molecule has 3 aromatic rings. The highest BCUT2D eigenvalue weighted by molar-refractivity contribution is 5.75. The molecule has 2 unspecified atom stereocenters. The average Bonchev–Trinajstić information content (AvgIpc) is 3.28. The summed E-state index contributed by atoms with van der Waals surface area (Å²) in [7, 11) is 2.59. The Hall–Kier alpha value is -3.78. The average molecular weight is 520 g/mol. The third-order valence-electron chi connectivity index (χ3n) is 5.25. The Morgan fingerprint density at radius 2 is 1.78 bits per heavy atom. The number of imidazole rings is 1. The normalized spacial score (nSPS) is 13.8. The van der Waals surface area contributed by atoms with Crippen LogP contribution in [-0.4, -0.2) is 69.4 Å². The van der Waals surface area contributed by atoms with Crippen molar-refractivity contribution in [1.82, 2.24) is 29.6 Å². The molecule has 0 bridgehead atoms. The molecule has 0 saturated heterocycles. The summed E-state index contributed by atoms with van der Waals surface area (Å²) in [6.07, 6.45) is -4.55. The number of fused-ring (bicyclic) bond motifs is 1. The number of carbonyl (C=O) groups is 1. The number of hydrogen-bond acceptors (Lipinski definition) is 6. The molecule has 15 heteroatoms. The van der Waals surface area contributed by atoms with E-state index in [1.165, 1.54) is 37.9 Å². The summed E-state index contributed by atoms with van der Waals surface area (Å²) in [4.78, 5) is 25.1. The van der Waals surface area contributed by atoms with Gasteiger partial charge in [-0.1, -0.05) is 0 Å². The van der Waals surface area contributed by atoms with Gasteiger partial charge in [-0.2, -0.15) is 26.3 Å². The molecule has 2 atom stereocenters. The number of halogens is 6. The Labute approximate surface area is 201 Å². The summed E-state index contributed by atoms with van der Waals surface area (Å²) in [5.74, 6) is -0.0000789. The first kappa shape index (κ1) is 26.8. The number of amides is 2. The summed E-state index contributed by atoms with van der Waals surface area (Å²) in [6, 6.07) is -5.45. The molecule has 0 aliphatic carbocycles. The summed E-state index contributed by atoms with van der Waals surface area (Å²) in [6.45, 7) is 1.30. The summed E-state index contributed by atoms with van der Waals surface area (Å²) >= 11 is 0. The first-order valence-electron chi connectivity index (χ1n) is 10.4. The maximum atomic E-state index is 14.2. The molecule has 0 saturated carbocycles. The lowest BCUT2D eigenvalue weighted by atomic mass is 10.0. The number of nitrogens with zero attached hydrogens (tertiary/aromatic N) is 5. The van der Waals surface area contributed by atoms with Crippen molar-refractivity contribution < 1.29 is 40.6 Å².